The first-order valence-corrected chi connectivity index (χ1v) is 8.08. The lowest BCUT2D eigenvalue weighted by atomic mass is 9.85. The van der Waals surface area contributed by atoms with Crippen molar-refractivity contribution in [2.75, 3.05) is 18.4 Å². The van der Waals surface area contributed by atoms with Gasteiger partial charge in [0.15, 0.2) is 0 Å². The number of carboxylic acids is 1. The summed E-state index contributed by atoms with van der Waals surface area (Å²) in [5.41, 5.74) is 1.10. The zero-order valence-corrected chi connectivity index (χ0v) is 14.2. The van der Waals surface area contributed by atoms with Gasteiger partial charge in [-0.3, -0.25) is 19.8 Å². The summed E-state index contributed by atoms with van der Waals surface area (Å²) in [5, 5.41) is 25.1. The van der Waals surface area contributed by atoms with Gasteiger partial charge in [-0.05, 0) is 37.9 Å². The quantitative estimate of drug-likeness (QED) is 0.510. The van der Waals surface area contributed by atoms with Crippen molar-refractivity contribution in [3.63, 3.8) is 0 Å². The Balaban J connectivity index is 1.82. The topological polar surface area (TPSA) is 125 Å². The van der Waals surface area contributed by atoms with Crippen molar-refractivity contribution < 1.29 is 19.6 Å². The number of nitro groups is 1. The zero-order chi connectivity index (χ0) is 18.6. The van der Waals surface area contributed by atoms with Crippen molar-refractivity contribution >= 4 is 23.4 Å². The van der Waals surface area contributed by atoms with Crippen LogP contribution in [0.5, 0.6) is 0 Å². The minimum atomic E-state index is -0.857. The SMILES string of the molecule is CCN(CC(=O)O)C1CC(NC(=O)Nc2ccc([N+](=O)[O-])cc2C)C1. The molecule has 1 aromatic rings. The molecule has 0 bridgehead atoms. The molecular weight excluding hydrogens is 328 g/mol. The van der Waals surface area contributed by atoms with E-state index in [2.05, 4.69) is 10.6 Å². The molecule has 0 heterocycles. The van der Waals surface area contributed by atoms with E-state index in [-0.39, 0.29) is 30.3 Å². The largest absolute Gasteiger partial charge is 0.480 e. The lowest BCUT2D eigenvalue weighted by Gasteiger charge is -2.42. The van der Waals surface area contributed by atoms with Crippen LogP contribution in [0.1, 0.15) is 25.3 Å². The molecule has 0 unspecified atom stereocenters. The number of carbonyl (C=O) groups is 2. The average molecular weight is 350 g/mol. The first-order chi connectivity index (χ1) is 11.8. The molecule has 3 N–H and O–H groups in total. The number of hydrogen-bond acceptors (Lipinski definition) is 5. The number of benzene rings is 1. The van der Waals surface area contributed by atoms with Gasteiger partial charge in [-0.25, -0.2) is 4.79 Å². The van der Waals surface area contributed by atoms with E-state index in [1.807, 2.05) is 11.8 Å². The molecule has 0 aromatic heterocycles. The van der Waals surface area contributed by atoms with Crippen LogP contribution < -0.4 is 10.6 Å². The third kappa shape index (κ3) is 4.90. The predicted molar refractivity (Wildman–Crippen MR) is 91.7 cm³/mol. The number of nitrogens with one attached hydrogen (secondary N) is 2. The summed E-state index contributed by atoms with van der Waals surface area (Å²) >= 11 is 0. The summed E-state index contributed by atoms with van der Waals surface area (Å²) in [7, 11) is 0. The second-order valence-electron chi connectivity index (χ2n) is 6.13. The molecule has 1 saturated carbocycles. The Morgan fingerprint density at radius 1 is 1.40 bits per heavy atom. The predicted octanol–water partition coefficient (Wildman–Crippen LogP) is 1.96. The fourth-order valence-electron chi connectivity index (χ4n) is 2.92. The van der Waals surface area contributed by atoms with Crippen LogP contribution in [0.3, 0.4) is 0 Å². The smallest absolute Gasteiger partial charge is 0.319 e. The maximum absolute atomic E-state index is 12.0. The molecule has 0 atom stereocenters. The molecule has 0 aliphatic heterocycles. The van der Waals surface area contributed by atoms with Gasteiger partial charge in [0.2, 0.25) is 0 Å². The number of nitrogens with zero attached hydrogens (tertiary/aromatic N) is 2. The highest BCUT2D eigenvalue weighted by Gasteiger charge is 2.34. The molecule has 1 aromatic carbocycles. The van der Waals surface area contributed by atoms with Gasteiger partial charge in [-0.2, -0.15) is 0 Å². The number of hydrogen-bond donors (Lipinski definition) is 3. The van der Waals surface area contributed by atoms with E-state index in [9.17, 15) is 19.7 Å². The number of likely N-dealkylation sites (N-methyl/N-ethyl adjacent to an activating group) is 1. The van der Waals surface area contributed by atoms with E-state index in [0.29, 0.717) is 30.6 Å². The Hall–Kier alpha value is -2.68. The summed E-state index contributed by atoms with van der Waals surface area (Å²) in [5.74, 6) is -0.857. The number of non-ortho nitro benzene ring substituents is 1. The molecule has 0 radical (unpaired) electrons. The molecule has 1 aliphatic carbocycles. The van der Waals surface area contributed by atoms with Crippen molar-refractivity contribution in [2.45, 2.75) is 38.8 Å². The second kappa shape index (κ2) is 7.93. The monoisotopic (exact) mass is 350 g/mol. The minimum absolute atomic E-state index is 0.00206. The molecular formula is C16H22N4O5. The molecule has 1 aliphatic rings. The molecule has 1 fully saturated rings. The number of amides is 2. The van der Waals surface area contributed by atoms with Crippen molar-refractivity contribution in [1.82, 2.24) is 10.2 Å². The fourth-order valence-corrected chi connectivity index (χ4v) is 2.92. The van der Waals surface area contributed by atoms with Crippen LogP contribution in [0, 0.1) is 17.0 Å². The Morgan fingerprint density at radius 2 is 2.08 bits per heavy atom. The minimum Gasteiger partial charge on any atom is -0.480 e. The first-order valence-electron chi connectivity index (χ1n) is 8.08. The lowest BCUT2D eigenvalue weighted by Crippen LogP contribution is -2.55. The third-order valence-electron chi connectivity index (χ3n) is 4.38. The highest BCUT2D eigenvalue weighted by Crippen LogP contribution is 2.26. The normalized spacial score (nSPS) is 19.2. The highest BCUT2D eigenvalue weighted by molar-refractivity contribution is 5.90. The molecule has 25 heavy (non-hydrogen) atoms. The molecule has 9 nitrogen and oxygen atoms in total. The fraction of sp³-hybridized carbons (Fsp3) is 0.500. The molecule has 136 valence electrons. The molecule has 2 rings (SSSR count). The van der Waals surface area contributed by atoms with Gasteiger partial charge in [-0.15, -0.1) is 0 Å². The van der Waals surface area contributed by atoms with Crippen LogP contribution in [-0.2, 0) is 4.79 Å². The van der Waals surface area contributed by atoms with Crippen LogP contribution in [0.25, 0.3) is 0 Å². The zero-order valence-electron chi connectivity index (χ0n) is 14.2. The van der Waals surface area contributed by atoms with Crippen molar-refractivity contribution in [1.29, 1.82) is 0 Å². The van der Waals surface area contributed by atoms with Gasteiger partial charge < -0.3 is 15.7 Å². The summed E-state index contributed by atoms with van der Waals surface area (Å²) in [4.78, 5) is 35.0. The van der Waals surface area contributed by atoms with Crippen LogP contribution in [0.2, 0.25) is 0 Å². The van der Waals surface area contributed by atoms with Crippen molar-refractivity contribution in [3.05, 3.63) is 33.9 Å². The molecule has 9 heteroatoms. The summed E-state index contributed by atoms with van der Waals surface area (Å²) in [6.45, 7) is 4.25. The summed E-state index contributed by atoms with van der Waals surface area (Å²) in [6, 6.07) is 4.02. The van der Waals surface area contributed by atoms with E-state index in [1.165, 1.54) is 18.2 Å². The summed E-state index contributed by atoms with van der Waals surface area (Å²) < 4.78 is 0. The van der Waals surface area contributed by atoms with Crippen LogP contribution in [-0.4, -0.2) is 52.1 Å². The van der Waals surface area contributed by atoms with Gasteiger partial charge in [0.05, 0.1) is 11.5 Å². The number of rotatable bonds is 7. The Morgan fingerprint density at radius 3 is 2.60 bits per heavy atom. The van der Waals surface area contributed by atoms with E-state index < -0.39 is 10.9 Å². The number of nitro benzene ring substituents is 1. The maximum atomic E-state index is 12.0. The standard InChI is InChI=1S/C16H22N4O5/c1-3-19(9-15(21)22)13-7-11(8-13)17-16(23)18-14-5-4-12(20(24)25)6-10(14)2/h4-6,11,13H,3,7-9H2,1-2H3,(H,21,22)(H2,17,18,23). The van der Waals surface area contributed by atoms with Crippen LogP contribution >= 0.6 is 0 Å². The number of urea groups is 1. The van der Waals surface area contributed by atoms with Gasteiger partial charge in [0, 0.05) is 29.9 Å². The van der Waals surface area contributed by atoms with E-state index in [4.69, 9.17) is 5.11 Å². The highest BCUT2D eigenvalue weighted by atomic mass is 16.6. The van der Waals surface area contributed by atoms with Gasteiger partial charge in [0.1, 0.15) is 0 Å². The lowest BCUT2D eigenvalue weighted by molar-refractivity contribution is -0.384. The molecule has 0 saturated heterocycles. The number of carboxylic acid groups (broad SMARTS) is 1. The number of anilines is 1. The van der Waals surface area contributed by atoms with E-state index >= 15 is 0 Å². The second-order valence-corrected chi connectivity index (χ2v) is 6.13. The van der Waals surface area contributed by atoms with Crippen LogP contribution in [0.4, 0.5) is 16.2 Å². The van der Waals surface area contributed by atoms with Crippen molar-refractivity contribution in [2.24, 2.45) is 0 Å². The summed E-state index contributed by atoms with van der Waals surface area (Å²) in [6.07, 6.45) is 1.40. The van der Waals surface area contributed by atoms with Crippen molar-refractivity contribution in [3.8, 4) is 0 Å². The Kier molecular flexibility index (Phi) is 5.92. The third-order valence-corrected chi connectivity index (χ3v) is 4.38. The number of carbonyl (C=O) groups excluding carboxylic acids is 1. The first kappa shape index (κ1) is 18.7. The van der Waals surface area contributed by atoms with E-state index in [0.717, 1.165) is 0 Å². The van der Waals surface area contributed by atoms with Gasteiger partial charge in [-0.1, -0.05) is 6.92 Å². The number of aryl methyl sites for hydroxylation is 1. The van der Waals surface area contributed by atoms with Gasteiger partial charge in [0.25, 0.3) is 5.69 Å². The average Bonchev–Trinajstić information content (AvgIpc) is 2.50. The molecule has 0 spiro atoms. The van der Waals surface area contributed by atoms with Gasteiger partial charge >= 0.3 is 12.0 Å². The van der Waals surface area contributed by atoms with Crippen LogP contribution in [0.15, 0.2) is 18.2 Å². The maximum Gasteiger partial charge on any atom is 0.319 e. The van der Waals surface area contributed by atoms with E-state index in [1.54, 1.807) is 6.92 Å². The number of aliphatic carboxylic acids is 1. The Bertz CT molecular complexity index is 672. The molecule has 2 amide bonds. The Labute approximate surface area is 145 Å².